The molecule has 0 spiro atoms. The van der Waals surface area contributed by atoms with Gasteiger partial charge in [0.15, 0.2) is 0 Å². The van der Waals surface area contributed by atoms with Crippen molar-refractivity contribution in [3.05, 3.63) is 0 Å². The van der Waals surface area contributed by atoms with Crippen LogP contribution in [0.25, 0.3) is 0 Å². The average Bonchev–Trinajstić information content (AvgIpc) is 2.41. The quantitative estimate of drug-likeness (QED) is 0.799. The van der Waals surface area contributed by atoms with E-state index in [1.54, 1.807) is 0 Å². The highest BCUT2D eigenvalue weighted by atomic mass is 32.2. The van der Waals surface area contributed by atoms with Crippen LogP contribution in [-0.2, 0) is 9.84 Å². The van der Waals surface area contributed by atoms with Gasteiger partial charge in [0.05, 0.1) is 5.75 Å². The van der Waals surface area contributed by atoms with Crippen LogP contribution >= 0.6 is 0 Å². The topological polar surface area (TPSA) is 49.4 Å². The molecule has 0 amide bonds. The van der Waals surface area contributed by atoms with Gasteiger partial charge in [-0.2, -0.15) is 0 Å². The van der Waals surface area contributed by atoms with Crippen LogP contribution in [0.15, 0.2) is 0 Å². The molecule has 1 N–H and O–H groups in total. The van der Waals surface area contributed by atoms with Crippen molar-refractivity contribution in [2.24, 2.45) is 0 Å². The second-order valence-electron chi connectivity index (χ2n) is 5.34. The van der Waals surface area contributed by atoms with Crippen molar-refractivity contribution in [3.8, 4) is 0 Å². The Morgan fingerprint density at radius 3 is 2.59 bits per heavy atom. The second kappa shape index (κ2) is 6.71. The molecule has 0 radical (unpaired) electrons. The van der Waals surface area contributed by atoms with E-state index in [1.807, 2.05) is 0 Å². The number of nitrogens with zero attached hydrogens (tertiary/aromatic N) is 1. The summed E-state index contributed by atoms with van der Waals surface area (Å²) in [7, 11) is -2.83. The molecule has 1 rings (SSSR count). The van der Waals surface area contributed by atoms with Gasteiger partial charge in [-0.1, -0.05) is 0 Å². The van der Waals surface area contributed by atoms with Crippen LogP contribution in [0.4, 0.5) is 0 Å². The largest absolute Gasteiger partial charge is 0.313 e. The van der Waals surface area contributed by atoms with Gasteiger partial charge in [-0.05, 0) is 46.2 Å². The summed E-state index contributed by atoms with van der Waals surface area (Å²) in [4.78, 5) is 2.50. The van der Waals surface area contributed by atoms with Gasteiger partial charge in [-0.15, -0.1) is 0 Å². The van der Waals surface area contributed by atoms with Crippen molar-refractivity contribution in [2.75, 3.05) is 31.6 Å². The van der Waals surface area contributed by atoms with E-state index in [0.717, 1.165) is 19.4 Å². The molecule has 0 aliphatic carbocycles. The number of sulfone groups is 1. The molecule has 0 saturated carbocycles. The summed E-state index contributed by atoms with van der Waals surface area (Å²) < 4.78 is 22.1. The fraction of sp³-hybridized carbons (Fsp3) is 1.00. The molecule has 1 heterocycles. The van der Waals surface area contributed by atoms with Crippen molar-refractivity contribution in [2.45, 2.75) is 45.2 Å². The van der Waals surface area contributed by atoms with E-state index < -0.39 is 9.84 Å². The minimum absolute atomic E-state index is 0.247. The smallest absolute Gasteiger partial charge is 0.148 e. The minimum atomic E-state index is -2.83. The molecule has 1 fully saturated rings. The standard InChI is InChI=1S/C12H26N2O2S/c1-11(2)14-8-4-5-12(6-9-14)13-7-10-17(3,15)16/h11-13H,4-10H2,1-3H3. The monoisotopic (exact) mass is 262 g/mol. The van der Waals surface area contributed by atoms with Crippen molar-refractivity contribution in [1.29, 1.82) is 0 Å². The van der Waals surface area contributed by atoms with Gasteiger partial charge in [0.2, 0.25) is 0 Å². The van der Waals surface area contributed by atoms with Gasteiger partial charge in [-0.25, -0.2) is 8.42 Å². The fourth-order valence-corrected chi connectivity index (χ4v) is 2.78. The average molecular weight is 262 g/mol. The minimum Gasteiger partial charge on any atom is -0.313 e. The van der Waals surface area contributed by atoms with E-state index in [0.29, 0.717) is 18.6 Å². The first kappa shape index (κ1) is 14.9. The fourth-order valence-electron chi connectivity index (χ4n) is 2.29. The van der Waals surface area contributed by atoms with E-state index >= 15 is 0 Å². The second-order valence-corrected chi connectivity index (χ2v) is 7.60. The zero-order valence-electron chi connectivity index (χ0n) is 11.3. The Labute approximate surface area is 106 Å². The molecule has 0 bridgehead atoms. The zero-order valence-corrected chi connectivity index (χ0v) is 12.1. The highest BCUT2D eigenvalue weighted by Gasteiger charge is 2.18. The lowest BCUT2D eigenvalue weighted by molar-refractivity contribution is 0.229. The maximum Gasteiger partial charge on any atom is 0.148 e. The molecule has 5 heteroatoms. The summed E-state index contributed by atoms with van der Waals surface area (Å²) in [5, 5.41) is 3.37. The van der Waals surface area contributed by atoms with E-state index in [9.17, 15) is 8.42 Å². The number of hydrogen-bond donors (Lipinski definition) is 1. The van der Waals surface area contributed by atoms with Gasteiger partial charge in [0.25, 0.3) is 0 Å². The van der Waals surface area contributed by atoms with E-state index in [2.05, 4.69) is 24.1 Å². The summed E-state index contributed by atoms with van der Waals surface area (Å²) in [5.74, 6) is 0.247. The van der Waals surface area contributed by atoms with Crippen LogP contribution in [0.5, 0.6) is 0 Å². The first-order valence-corrected chi connectivity index (χ1v) is 8.59. The lowest BCUT2D eigenvalue weighted by Gasteiger charge is -2.24. The number of nitrogens with one attached hydrogen (secondary N) is 1. The first-order valence-electron chi connectivity index (χ1n) is 6.53. The molecule has 4 nitrogen and oxygen atoms in total. The Morgan fingerprint density at radius 1 is 1.29 bits per heavy atom. The molecular formula is C12H26N2O2S. The SMILES string of the molecule is CC(C)N1CCCC(NCCS(C)(=O)=O)CC1. The third-order valence-corrected chi connectivity index (χ3v) is 4.34. The van der Waals surface area contributed by atoms with Crippen LogP contribution in [-0.4, -0.2) is 57.0 Å². The first-order chi connectivity index (χ1) is 7.88. The van der Waals surface area contributed by atoms with Crippen LogP contribution < -0.4 is 5.32 Å². The Bertz CT molecular complexity index is 314. The maximum absolute atomic E-state index is 11.0. The van der Waals surface area contributed by atoms with Crippen molar-refractivity contribution < 1.29 is 8.42 Å². The summed E-state index contributed by atoms with van der Waals surface area (Å²) >= 11 is 0. The van der Waals surface area contributed by atoms with Crippen molar-refractivity contribution in [1.82, 2.24) is 10.2 Å². The number of rotatable bonds is 5. The Hall–Kier alpha value is -0.130. The van der Waals surface area contributed by atoms with Crippen molar-refractivity contribution >= 4 is 9.84 Å². The molecular weight excluding hydrogens is 236 g/mol. The molecule has 1 unspecified atom stereocenters. The van der Waals surface area contributed by atoms with Gasteiger partial charge >= 0.3 is 0 Å². The van der Waals surface area contributed by atoms with E-state index in [1.165, 1.54) is 19.2 Å². The third-order valence-electron chi connectivity index (χ3n) is 3.40. The number of likely N-dealkylation sites (tertiary alicyclic amines) is 1. The van der Waals surface area contributed by atoms with Crippen LogP contribution in [0.3, 0.4) is 0 Å². The molecule has 1 saturated heterocycles. The molecule has 102 valence electrons. The Kier molecular flexibility index (Phi) is 5.89. The van der Waals surface area contributed by atoms with Crippen molar-refractivity contribution in [3.63, 3.8) is 0 Å². The normalized spacial score (nSPS) is 23.9. The summed E-state index contributed by atoms with van der Waals surface area (Å²) in [6, 6.07) is 1.10. The van der Waals surface area contributed by atoms with Gasteiger partial charge in [0.1, 0.15) is 9.84 Å². The molecule has 0 aromatic rings. The summed E-state index contributed by atoms with van der Waals surface area (Å²) in [5.41, 5.74) is 0. The highest BCUT2D eigenvalue weighted by molar-refractivity contribution is 7.90. The lowest BCUT2D eigenvalue weighted by Crippen LogP contribution is -2.35. The molecule has 0 aromatic heterocycles. The molecule has 0 aromatic carbocycles. The van der Waals surface area contributed by atoms with Gasteiger partial charge < -0.3 is 10.2 Å². The maximum atomic E-state index is 11.0. The van der Waals surface area contributed by atoms with Gasteiger partial charge in [0, 0.05) is 24.9 Å². The molecule has 17 heavy (non-hydrogen) atoms. The van der Waals surface area contributed by atoms with E-state index in [4.69, 9.17) is 0 Å². The van der Waals surface area contributed by atoms with E-state index in [-0.39, 0.29) is 5.75 Å². The van der Waals surface area contributed by atoms with Crippen LogP contribution in [0.1, 0.15) is 33.1 Å². The lowest BCUT2D eigenvalue weighted by atomic mass is 10.1. The summed E-state index contributed by atoms with van der Waals surface area (Å²) in [6.07, 6.45) is 4.78. The number of hydrogen-bond acceptors (Lipinski definition) is 4. The molecule has 1 atom stereocenters. The third kappa shape index (κ3) is 6.38. The molecule has 1 aliphatic heterocycles. The predicted octanol–water partition coefficient (Wildman–Crippen LogP) is 0.884. The summed E-state index contributed by atoms with van der Waals surface area (Å²) in [6.45, 7) is 7.34. The van der Waals surface area contributed by atoms with Gasteiger partial charge in [-0.3, -0.25) is 0 Å². The van der Waals surface area contributed by atoms with Crippen LogP contribution in [0.2, 0.25) is 0 Å². The molecule has 1 aliphatic rings. The highest BCUT2D eigenvalue weighted by Crippen LogP contribution is 2.13. The Balaban J connectivity index is 2.27. The Morgan fingerprint density at radius 2 is 2.00 bits per heavy atom. The van der Waals surface area contributed by atoms with Crippen LogP contribution in [0, 0.1) is 0 Å². The predicted molar refractivity (Wildman–Crippen MR) is 72.1 cm³/mol. The zero-order chi connectivity index (χ0) is 12.9.